The maximum Gasteiger partial charge on any atom is 0.268 e. The van der Waals surface area contributed by atoms with Crippen molar-refractivity contribution in [3.63, 3.8) is 0 Å². The first-order valence-corrected chi connectivity index (χ1v) is 6.02. The first-order chi connectivity index (χ1) is 8.09. The number of anilines is 2. The van der Waals surface area contributed by atoms with Crippen molar-refractivity contribution < 1.29 is 4.79 Å². The van der Waals surface area contributed by atoms with Gasteiger partial charge in [0.1, 0.15) is 0 Å². The molecule has 0 aliphatic carbocycles. The van der Waals surface area contributed by atoms with E-state index in [0.29, 0.717) is 20.6 Å². The normalized spacial score (nSPS) is 10.2. The summed E-state index contributed by atoms with van der Waals surface area (Å²) in [5, 5.41) is 0. The van der Waals surface area contributed by atoms with Crippen molar-refractivity contribution in [1.82, 2.24) is 4.98 Å². The van der Waals surface area contributed by atoms with Gasteiger partial charge < -0.3 is 10.6 Å². The predicted molar refractivity (Wildman–Crippen MR) is 70.7 cm³/mol. The monoisotopic (exact) mass is 267 g/mol. The molecule has 2 aromatic heterocycles. The quantitative estimate of drug-likeness (QED) is 0.910. The molecule has 0 spiro atoms. The van der Waals surface area contributed by atoms with Crippen LogP contribution < -0.4 is 10.6 Å². The van der Waals surface area contributed by atoms with Gasteiger partial charge in [0, 0.05) is 13.2 Å². The van der Waals surface area contributed by atoms with Gasteiger partial charge in [0.25, 0.3) is 5.91 Å². The van der Waals surface area contributed by atoms with Gasteiger partial charge >= 0.3 is 0 Å². The van der Waals surface area contributed by atoms with Gasteiger partial charge in [0.05, 0.1) is 26.8 Å². The van der Waals surface area contributed by atoms with E-state index < -0.39 is 0 Å². The van der Waals surface area contributed by atoms with Gasteiger partial charge in [-0.3, -0.25) is 9.78 Å². The predicted octanol–water partition coefficient (Wildman–Crippen LogP) is 2.66. The molecule has 0 unspecified atom stereocenters. The van der Waals surface area contributed by atoms with Crippen molar-refractivity contribution >= 4 is 40.2 Å². The number of rotatable bonds is 2. The Labute approximate surface area is 108 Å². The highest BCUT2D eigenvalue weighted by Crippen LogP contribution is 2.26. The molecule has 0 aliphatic rings. The fraction of sp³-hybridized carbons (Fsp3) is 0.0909. The van der Waals surface area contributed by atoms with Gasteiger partial charge in [0.2, 0.25) is 0 Å². The lowest BCUT2D eigenvalue weighted by molar-refractivity contribution is 0.0997. The van der Waals surface area contributed by atoms with E-state index in [1.54, 1.807) is 31.4 Å². The Morgan fingerprint density at radius 1 is 1.47 bits per heavy atom. The molecule has 88 valence electrons. The van der Waals surface area contributed by atoms with Gasteiger partial charge in [-0.25, -0.2) is 0 Å². The summed E-state index contributed by atoms with van der Waals surface area (Å²) in [6.07, 6.45) is 3.11. The minimum Gasteiger partial charge on any atom is -0.396 e. The molecule has 4 nitrogen and oxygen atoms in total. The van der Waals surface area contributed by atoms with E-state index >= 15 is 0 Å². The number of nitrogen functional groups attached to an aromatic ring is 1. The lowest BCUT2D eigenvalue weighted by Crippen LogP contribution is -2.26. The number of amides is 1. The summed E-state index contributed by atoms with van der Waals surface area (Å²) in [7, 11) is 1.67. The minimum atomic E-state index is -0.139. The molecule has 2 aromatic rings. The number of hydrogen-bond acceptors (Lipinski definition) is 4. The zero-order chi connectivity index (χ0) is 12.4. The number of aromatic nitrogens is 1. The fourth-order valence-corrected chi connectivity index (χ4v) is 2.43. The van der Waals surface area contributed by atoms with Crippen LogP contribution in [0, 0.1) is 0 Å². The van der Waals surface area contributed by atoms with E-state index in [0.717, 1.165) is 0 Å². The van der Waals surface area contributed by atoms with Crippen molar-refractivity contribution in [1.29, 1.82) is 0 Å². The molecule has 0 bridgehead atoms. The van der Waals surface area contributed by atoms with Crippen molar-refractivity contribution in [3.05, 3.63) is 39.8 Å². The molecule has 1 amide bonds. The second kappa shape index (κ2) is 4.73. The van der Waals surface area contributed by atoms with Crippen molar-refractivity contribution in [2.75, 3.05) is 17.7 Å². The number of nitrogens with zero attached hydrogens (tertiary/aromatic N) is 2. The Morgan fingerprint density at radius 2 is 2.24 bits per heavy atom. The van der Waals surface area contributed by atoms with Crippen LogP contribution in [-0.2, 0) is 0 Å². The van der Waals surface area contributed by atoms with Crippen LogP contribution in [0.5, 0.6) is 0 Å². The van der Waals surface area contributed by atoms with E-state index in [1.807, 2.05) is 0 Å². The number of carbonyl (C=O) groups is 1. The average molecular weight is 268 g/mol. The van der Waals surface area contributed by atoms with E-state index in [4.69, 9.17) is 17.3 Å². The first kappa shape index (κ1) is 11.9. The van der Waals surface area contributed by atoms with Gasteiger partial charge in [-0.2, -0.15) is 0 Å². The highest BCUT2D eigenvalue weighted by atomic mass is 35.5. The number of carbonyl (C=O) groups excluding carboxylic acids is 1. The highest BCUT2D eigenvalue weighted by Gasteiger charge is 2.17. The van der Waals surface area contributed by atoms with E-state index in [-0.39, 0.29) is 5.91 Å². The summed E-state index contributed by atoms with van der Waals surface area (Å²) in [6.45, 7) is 0. The zero-order valence-corrected chi connectivity index (χ0v) is 10.6. The third-order valence-corrected chi connectivity index (χ3v) is 3.50. The average Bonchev–Trinajstić information content (AvgIpc) is 2.75. The zero-order valence-electron chi connectivity index (χ0n) is 9.05. The molecule has 6 heteroatoms. The van der Waals surface area contributed by atoms with E-state index in [2.05, 4.69) is 4.98 Å². The summed E-state index contributed by atoms with van der Waals surface area (Å²) in [4.78, 5) is 18.1. The number of pyridine rings is 1. The lowest BCUT2D eigenvalue weighted by atomic mass is 10.3. The van der Waals surface area contributed by atoms with Crippen LogP contribution in [0.25, 0.3) is 0 Å². The van der Waals surface area contributed by atoms with Crippen LogP contribution in [-0.4, -0.2) is 17.9 Å². The molecular formula is C11H10ClN3OS. The van der Waals surface area contributed by atoms with Crippen LogP contribution in [0.15, 0.2) is 30.6 Å². The molecule has 0 radical (unpaired) electrons. The molecule has 0 saturated carbocycles. The van der Waals surface area contributed by atoms with Crippen molar-refractivity contribution in [2.45, 2.75) is 0 Å². The molecule has 2 heterocycles. The third-order valence-electron chi connectivity index (χ3n) is 2.28. The van der Waals surface area contributed by atoms with Gasteiger partial charge in [-0.1, -0.05) is 11.6 Å². The minimum absolute atomic E-state index is 0.139. The second-order valence-electron chi connectivity index (χ2n) is 3.40. The number of halogens is 1. The summed E-state index contributed by atoms with van der Waals surface area (Å²) >= 11 is 7.04. The molecule has 2 N–H and O–H groups in total. The summed E-state index contributed by atoms with van der Waals surface area (Å²) in [5.74, 6) is -0.139. The number of hydrogen-bond donors (Lipinski definition) is 1. The summed E-state index contributed by atoms with van der Waals surface area (Å²) < 4.78 is 0.587. The third kappa shape index (κ3) is 2.40. The Kier molecular flexibility index (Phi) is 3.31. The largest absolute Gasteiger partial charge is 0.396 e. The van der Waals surface area contributed by atoms with Crippen LogP contribution in [0.2, 0.25) is 4.34 Å². The Morgan fingerprint density at radius 3 is 2.82 bits per heavy atom. The van der Waals surface area contributed by atoms with Crippen LogP contribution in [0.1, 0.15) is 9.67 Å². The molecule has 0 saturated heterocycles. The smallest absolute Gasteiger partial charge is 0.268 e. The van der Waals surface area contributed by atoms with Gasteiger partial charge in [0.15, 0.2) is 0 Å². The molecule has 0 fully saturated rings. The number of thiophene rings is 1. The first-order valence-electron chi connectivity index (χ1n) is 4.82. The second-order valence-corrected chi connectivity index (χ2v) is 5.12. The number of nitrogens with two attached hydrogens (primary N) is 1. The SMILES string of the molecule is CN(C(=O)c1ccc(Cl)s1)c1ccncc1N. The van der Waals surface area contributed by atoms with E-state index in [9.17, 15) is 4.79 Å². The van der Waals surface area contributed by atoms with E-state index in [1.165, 1.54) is 22.4 Å². The molecule has 0 aliphatic heterocycles. The molecule has 0 aromatic carbocycles. The molecule has 2 rings (SSSR count). The molecule has 17 heavy (non-hydrogen) atoms. The Balaban J connectivity index is 2.29. The van der Waals surface area contributed by atoms with Crippen LogP contribution in [0.4, 0.5) is 11.4 Å². The van der Waals surface area contributed by atoms with Crippen molar-refractivity contribution in [2.24, 2.45) is 0 Å². The van der Waals surface area contributed by atoms with Gasteiger partial charge in [-0.05, 0) is 18.2 Å². The maximum absolute atomic E-state index is 12.1. The molecular weight excluding hydrogens is 258 g/mol. The fourth-order valence-electron chi connectivity index (χ4n) is 1.41. The van der Waals surface area contributed by atoms with Gasteiger partial charge in [-0.15, -0.1) is 11.3 Å². The lowest BCUT2D eigenvalue weighted by Gasteiger charge is -2.17. The van der Waals surface area contributed by atoms with Crippen LogP contribution >= 0.6 is 22.9 Å². The maximum atomic E-state index is 12.1. The Bertz CT molecular complexity index is 555. The summed E-state index contributed by atoms with van der Waals surface area (Å²) in [5.41, 5.74) is 6.86. The standard InChI is InChI=1S/C11H10ClN3OS/c1-15(8-4-5-14-6-7(8)13)11(16)9-2-3-10(12)17-9/h2-6H,13H2,1H3. The Hall–Kier alpha value is -1.59. The molecule has 0 atom stereocenters. The summed E-state index contributed by atoms with van der Waals surface area (Å²) in [6, 6.07) is 5.09. The highest BCUT2D eigenvalue weighted by molar-refractivity contribution is 7.18. The van der Waals surface area contributed by atoms with Crippen molar-refractivity contribution in [3.8, 4) is 0 Å². The topological polar surface area (TPSA) is 59.2 Å². The van der Waals surface area contributed by atoms with Crippen LogP contribution in [0.3, 0.4) is 0 Å².